The fourth-order valence-electron chi connectivity index (χ4n) is 2.71. The van der Waals surface area contributed by atoms with Crippen molar-refractivity contribution in [2.75, 3.05) is 18.9 Å². The third-order valence-corrected chi connectivity index (χ3v) is 4.31. The number of oxazole rings is 1. The predicted octanol–water partition coefficient (Wildman–Crippen LogP) is 3.68. The SMILES string of the molecule is Cc1ccc(NC(=O)CN(C)C(=O)CCc2ncc(-c3ccccc3)o2)cc1. The van der Waals surface area contributed by atoms with Gasteiger partial charge in [0.25, 0.3) is 0 Å². The first-order valence-electron chi connectivity index (χ1n) is 9.12. The lowest BCUT2D eigenvalue weighted by atomic mass is 10.2. The van der Waals surface area contributed by atoms with Crippen LogP contribution in [-0.4, -0.2) is 35.3 Å². The van der Waals surface area contributed by atoms with Crippen molar-refractivity contribution in [2.24, 2.45) is 0 Å². The number of anilines is 1. The number of likely N-dealkylation sites (N-methyl/N-ethyl adjacent to an activating group) is 1. The van der Waals surface area contributed by atoms with E-state index in [2.05, 4.69) is 10.3 Å². The van der Waals surface area contributed by atoms with Crippen LogP contribution in [0, 0.1) is 6.92 Å². The highest BCUT2D eigenvalue weighted by atomic mass is 16.4. The number of carbonyl (C=O) groups excluding carboxylic acids is 2. The van der Waals surface area contributed by atoms with Gasteiger partial charge in [0, 0.05) is 31.1 Å². The molecule has 0 saturated heterocycles. The molecule has 2 aromatic carbocycles. The minimum atomic E-state index is -0.234. The van der Waals surface area contributed by atoms with Gasteiger partial charge in [-0.2, -0.15) is 0 Å². The van der Waals surface area contributed by atoms with Crippen LogP contribution < -0.4 is 5.32 Å². The van der Waals surface area contributed by atoms with Crippen molar-refractivity contribution >= 4 is 17.5 Å². The summed E-state index contributed by atoms with van der Waals surface area (Å²) in [6.45, 7) is 1.97. The molecule has 0 unspecified atom stereocenters. The normalized spacial score (nSPS) is 10.5. The number of rotatable bonds is 7. The number of hydrogen-bond donors (Lipinski definition) is 1. The maximum Gasteiger partial charge on any atom is 0.243 e. The number of carbonyl (C=O) groups is 2. The molecule has 0 radical (unpaired) electrons. The van der Waals surface area contributed by atoms with Crippen LogP contribution >= 0.6 is 0 Å². The van der Waals surface area contributed by atoms with E-state index in [1.54, 1.807) is 13.2 Å². The van der Waals surface area contributed by atoms with Gasteiger partial charge in [-0.25, -0.2) is 4.98 Å². The minimum absolute atomic E-state index is 0.00639. The Morgan fingerprint density at radius 3 is 2.50 bits per heavy atom. The Hall–Kier alpha value is -3.41. The smallest absolute Gasteiger partial charge is 0.243 e. The van der Waals surface area contributed by atoms with E-state index in [-0.39, 0.29) is 24.8 Å². The van der Waals surface area contributed by atoms with E-state index in [1.807, 2.05) is 61.5 Å². The first-order chi connectivity index (χ1) is 13.5. The summed E-state index contributed by atoms with van der Waals surface area (Å²) in [6.07, 6.45) is 2.27. The molecule has 1 aromatic heterocycles. The van der Waals surface area contributed by atoms with Crippen LogP contribution in [0.25, 0.3) is 11.3 Å². The molecule has 28 heavy (non-hydrogen) atoms. The fourth-order valence-corrected chi connectivity index (χ4v) is 2.71. The van der Waals surface area contributed by atoms with Crippen LogP contribution in [0.2, 0.25) is 0 Å². The quantitative estimate of drug-likeness (QED) is 0.681. The van der Waals surface area contributed by atoms with Gasteiger partial charge in [-0.3, -0.25) is 9.59 Å². The minimum Gasteiger partial charge on any atom is -0.441 e. The second-order valence-corrected chi connectivity index (χ2v) is 6.65. The lowest BCUT2D eigenvalue weighted by Gasteiger charge is -2.16. The van der Waals surface area contributed by atoms with Crippen molar-refractivity contribution in [2.45, 2.75) is 19.8 Å². The Labute approximate surface area is 164 Å². The van der Waals surface area contributed by atoms with E-state index in [0.29, 0.717) is 23.8 Å². The maximum atomic E-state index is 12.3. The average molecular weight is 377 g/mol. The van der Waals surface area contributed by atoms with Crippen molar-refractivity contribution in [1.29, 1.82) is 0 Å². The molecule has 0 saturated carbocycles. The summed E-state index contributed by atoms with van der Waals surface area (Å²) in [7, 11) is 1.61. The summed E-state index contributed by atoms with van der Waals surface area (Å²) >= 11 is 0. The van der Waals surface area contributed by atoms with Gasteiger partial charge in [-0.15, -0.1) is 0 Å². The number of aromatic nitrogens is 1. The molecule has 2 amide bonds. The molecule has 0 aliphatic heterocycles. The monoisotopic (exact) mass is 377 g/mol. The van der Waals surface area contributed by atoms with Crippen molar-refractivity contribution in [3.8, 4) is 11.3 Å². The van der Waals surface area contributed by atoms with E-state index in [0.717, 1.165) is 11.1 Å². The summed E-state index contributed by atoms with van der Waals surface area (Å²) < 4.78 is 5.71. The molecule has 0 aliphatic carbocycles. The number of amides is 2. The lowest BCUT2D eigenvalue weighted by Crippen LogP contribution is -2.35. The molecule has 1 N–H and O–H groups in total. The van der Waals surface area contributed by atoms with Crippen molar-refractivity contribution < 1.29 is 14.0 Å². The zero-order chi connectivity index (χ0) is 19.9. The van der Waals surface area contributed by atoms with Crippen LogP contribution in [0.15, 0.2) is 65.2 Å². The largest absolute Gasteiger partial charge is 0.441 e. The van der Waals surface area contributed by atoms with Gasteiger partial charge in [-0.1, -0.05) is 48.0 Å². The van der Waals surface area contributed by atoms with Gasteiger partial charge >= 0.3 is 0 Å². The molecular weight excluding hydrogens is 354 g/mol. The molecule has 0 atom stereocenters. The predicted molar refractivity (Wildman–Crippen MR) is 108 cm³/mol. The van der Waals surface area contributed by atoms with E-state index in [1.165, 1.54) is 4.90 Å². The van der Waals surface area contributed by atoms with Crippen molar-refractivity contribution in [3.63, 3.8) is 0 Å². The van der Waals surface area contributed by atoms with Crippen molar-refractivity contribution in [3.05, 3.63) is 72.2 Å². The number of benzene rings is 2. The summed E-state index contributed by atoms with van der Waals surface area (Å²) in [5.41, 5.74) is 2.77. The van der Waals surface area contributed by atoms with Crippen LogP contribution in [0.3, 0.4) is 0 Å². The third kappa shape index (κ3) is 5.30. The van der Waals surface area contributed by atoms with Gasteiger partial charge in [0.05, 0.1) is 12.7 Å². The highest BCUT2D eigenvalue weighted by Gasteiger charge is 2.15. The molecule has 1 heterocycles. The molecule has 3 rings (SSSR count). The fraction of sp³-hybridized carbons (Fsp3) is 0.227. The Balaban J connectivity index is 1.47. The Morgan fingerprint density at radius 2 is 1.79 bits per heavy atom. The Morgan fingerprint density at radius 1 is 1.07 bits per heavy atom. The molecule has 0 spiro atoms. The summed E-state index contributed by atoms with van der Waals surface area (Å²) in [6, 6.07) is 17.2. The number of nitrogens with one attached hydrogen (secondary N) is 1. The van der Waals surface area contributed by atoms with Gasteiger partial charge in [-0.05, 0) is 19.1 Å². The van der Waals surface area contributed by atoms with E-state index >= 15 is 0 Å². The van der Waals surface area contributed by atoms with Gasteiger partial charge in [0.1, 0.15) is 0 Å². The molecule has 0 aliphatic rings. The second kappa shape index (κ2) is 8.99. The van der Waals surface area contributed by atoms with Gasteiger partial charge in [0.15, 0.2) is 11.7 Å². The topological polar surface area (TPSA) is 75.4 Å². The van der Waals surface area contributed by atoms with Crippen LogP contribution in [0.5, 0.6) is 0 Å². The molecule has 3 aromatic rings. The third-order valence-electron chi connectivity index (χ3n) is 4.31. The second-order valence-electron chi connectivity index (χ2n) is 6.65. The zero-order valence-corrected chi connectivity index (χ0v) is 16.0. The number of nitrogens with zero attached hydrogens (tertiary/aromatic N) is 2. The summed E-state index contributed by atoms with van der Waals surface area (Å²) in [4.78, 5) is 30.1. The first-order valence-corrected chi connectivity index (χ1v) is 9.12. The van der Waals surface area contributed by atoms with E-state index < -0.39 is 0 Å². The first kappa shape index (κ1) is 19.4. The molecule has 0 bridgehead atoms. The summed E-state index contributed by atoms with van der Waals surface area (Å²) in [5.74, 6) is 0.805. The number of aryl methyl sites for hydroxylation is 2. The molecule has 144 valence electrons. The highest BCUT2D eigenvalue weighted by molar-refractivity contribution is 5.94. The van der Waals surface area contributed by atoms with Gasteiger partial charge < -0.3 is 14.6 Å². The standard InChI is InChI=1S/C22H23N3O3/c1-16-8-10-18(11-9-16)24-20(26)15-25(2)22(27)13-12-21-23-14-19(28-21)17-6-4-3-5-7-17/h3-11,14H,12-13,15H2,1-2H3,(H,24,26). The average Bonchev–Trinajstić information content (AvgIpc) is 3.17. The molecule has 6 nitrogen and oxygen atoms in total. The summed E-state index contributed by atoms with van der Waals surface area (Å²) in [5, 5.41) is 2.79. The van der Waals surface area contributed by atoms with Crippen LogP contribution in [-0.2, 0) is 16.0 Å². The van der Waals surface area contributed by atoms with Gasteiger partial charge in [0.2, 0.25) is 11.8 Å². The van der Waals surface area contributed by atoms with Crippen LogP contribution in [0.1, 0.15) is 17.9 Å². The van der Waals surface area contributed by atoms with Crippen LogP contribution in [0.4, 0.5) is 5.69 Å². The van der Waals surface area contributed by atoms with E-state index in [9.17, 15) is 9.59 Å². The molecule has 6 heteroatoms. The highest BCUT2D eigenvalue weighted by Crippen LogP contribution is 2.20. The zero-order valence-electron chi connectivity index (χ0n) is 16.0. The van der Waals surface area contributed by atoms with Crippen molar-refractivity contribution in [1.82, 2.24) is 9.88 Å². The van der Waals surface area contributed by atoms with E-state index in [4.69, 9.17) is 4.42 Å². The Bertz CT molecular complexity index is 933. The Kier molecular flexibility index (Phi) is 6.22. The molecule has 0 fully saturated rings. The molecular formula is C22H23N3O3. The maximum absolute atomic E-state index is 12.3. The lowest BCUT2D eigenvalue weighted by molar-refractivity contribution is -0.133. The number of hydrogen-bond acceptors (Lipinski definition) is 4.